The molecule has 0 spiro atoms. The molecule has 0 saturated carbocycles. The standard InChI is InChI=1S/C39H53OP/c1-20(2)35-18-32(40)19-36(21(3)4)41(35)39-33(37-28(11)24(7)22(5)25(8)29(37)12)16-15-17-34(39)38-30(13)26(9)23(6)27(10)31(38)14/h15-17,20-21,35-36H,18-19H2,1-14H3. The highest BCUT2D eigenvalue weighted by Gasteiger charge is 2.43. The fraction of sp³-hybridized carbons (Fsp3) is 0.513. The second-order valence-electron chi connectivity index (χ2n) is 13.7. The van der Waals surface area contributed by atoms with Crippen LogP contribution in [0.3, 0.4) is 0 Å². The zero-order chi connectivity index (χ0) is 30.7. The predicted octanol–water partition coefficient (Wildman–Crippen LogP) is 10.6. The van der Waals surface area contributed by atoms with Crippen LogP contribution in [0.25, 0.3) is 22.3 Å². The molecule has 2 unspecified atom stereocenters. The number of rotatable bonds is 5. The molecule has 2 heteroatoms. The predicted molar refractivity (Wildman–Crippen MR) is 183 cm³/mol. The lowest BCUT2D eigenvalue weighted by atomic mass is 9.83. The molecule has 0 bridgehead atoms. The Balaban J connectivity index is 2.25. The molecule has 1 nitrogen and oxygen atoms in total. The third-order valence-corrected chi connectivity index (χ3v) is 14.9. The van der Waals surface area contributed by atoms with E-state index in [0.29, 0.717) is 41.8 Å². The van der Waals surface area contributed by atoms with Gasteiger partial charge in [0.15, 0.2) is 0 Å². The van der Waals surface area contributed by atoms with Crippen LogP contribution in [0.2, 0.25) is 0 Å². The lowest BCUT2D eigenvalue weighted by molar-refractivity contribution is -0.119. The van der Waals surface area contributed by atoms with Crippen molar-refractivity contribution in [2.75, 3.05) is 0 Å². The Morgan fingerprint density at radius 1 is 0.537 bits per heavy atom. The van der Waals surface area contributed by atoms with E-state index in [1.54, 1.807) is 5.30 Å². The minimum absolute atomic E-state index is 0.389. The normalized spacial score (nSPS) is 19.5. The van der Waals surface area contributed by atoms with Crippen molar-refractivity contribution in [2.24, 2.45) is 11.8 Å². The van der Waals surface area contributed by atoms with E-state index in [1.807, 2.05) is 0 Å². The quantitative estimate of drug-likeness (QED) is 0.280. The van der Waals surface area contributed by atoms with E-state index >= 15 is 0 Å². The molecule has 3 aromatic rings. The maximum Gasteiger partial charge on any atom is 0.134 e. The van der Waals surface area contributed by atoms with Gasteiger partial charge in [-0.3, -0.25) is 4.79 Å². The molecular weight excluding hydrogens is 515 g/mol. The molecule has 1 saturated heterocycles. The zero-order valence-electron chi connectivity index (χ0n) is 28.3. The molecule has 1 aliphatic heterocycles. The van der Waals surface area contributed by atoms with E-state index in [0.717, 1.165) is 0 Å². The van der Waals surface area contributed by atoms with Crippen molar-refractivity contribution < 1.29 is 4.79 Å². The van der Waals surface area contributed by atoms with Crippen LogP contribution in [0.1, 0.15) is 96.2 Å². The second kappa shape index (κ2) is 11.8. The highest BCUT2D eigenvalue weighted by Crippen LogP contribution is 2.59. The zero-order valence-corrected chi connectivity index (χ0v) is 29.2. The van der Waals surface area contributed by atoms with Gasteiger partial charge in [0.05, 0.1) is 0 Å². The van der Waals surface area contributed by atoms with E-state index < -0.39 is 7.92 Å². The number of benzene rings is 3. The maximum atomic E-state index is 13.3. The van der Waals surface area contributed by atoms with Gasteiger partial charge in [0.25, 0.3) is 0 Å². The molecule has 1 heterocycles. The first-order valence-corrected chi connectivity index (χ1v) is 17.2. The Morgan fingerprint density at radius 2 is 0.829 bits per heavy atom. The summed E-state index contributed by atoms with van der Waals surface area (Å²) in [5.74, 6) is 1.38. The average Bonchev–Trinajstić information content (AvgIpc) is 2.93. The summed E-state index contributed by atoms with van der Waals surface area (Å²) in [5, 5.41) is 1.55. The molecule has 0 N–H and O–H groups in total. The van der Waals surface area contributed by atoms with Crippen molar-refractivity contribution in [3.8, 4) is 22.3 Å². The molecule has 0 aliphatic carbocycles. The van der Waals surface area contributed by atoms with Crippen LogP contribution >= 0.6 is 7.92 Å². The van der Waals surface area contributed by atoms with E-state index in [4.69, 9.17) is 0 Å². The smallest absolute Gasteiger partial charge is 0.134 e. The molecule has 0 amide bonds. The minimum Gasteiger partial charge on any atom is -0.300 e. The first kappa shape index (κ1) is 31.7. The first-order chi connectivity index (χ1) is 19.1. The fourth-order valence-electron chi connectivity index (χ4n) is 7.47. The number of carbonyl (C=O) groups excluding carboxylic acids is 1. The van der Waals surface area contributed by atoms with E-state index in [-0.39, 0.29) is 0 Å². The van der Waals surface area contributed by atoms with Gasteiger partial charge < -0.3 is 0 Å². The summed E-state index contributed by atoms with van der Waals surface area (Å²) in [6.07, 6.45) is 1.43. The molecular formula is C39H53OP. The number of hydrogen-bond donors (Lipinski definition) is 0. The third kappa shape index (κ3) is 5.27. The average molecular weight is 569 g/mol. The van der Waals surface area contributed by atoms with E-state index in [1.165, 1.54) is 77.9 Å². The van der Waals surface area contributed by atoms with Crippen LogP contribution in [0.15, 0.2) is 18.2 Å². The van der Waals surface area contributed by atoms with Crippen molar-refractivity contribution in [1.29, 1.82) is 0 Å². The highest BCUT2D eigenvalue weighted by atomic mass is 31.1. The van der Waals surface area contributed by atoms with Gasteiger partial charge in [0.1, 0.15) is 5.78 Å². The molecule has 41 heavy (non-hydrogen) atoms. The summed E-state index contributed by atoms with van der Waals surface area (Å²) < 4.78 is 0. The van der Waals surface area contributed by atoms with Gasteiger partial charge in [-0.25, -0.2) is 0 Å². The van der Waals surface area contributed by atoms with Crippen LogP contribution in [0.5, 0.6) is 0 Å². The Labute approximate surface area is 252 Å². The Hall–Kier alpha value is -2.24. The van der Waals surface area contributed by atoms with Crippen molar-refractivity contribution in [3.63, 3.8) is 0 Å². The summed E-state index contributed by atoms with van der Waals surface area (Å²) in [4.78, 5) is 13.3. The molecule has 3 aromatic carbocycles. The fourth-order valence-corrected chi connectivity index (χ4v) is 11.6. The molecule has 1 aliphatic rings. The van der Waals surface area contributed by atoms with Crippen molar-refractivity contribution in [3.05, 3.63) is 73.8 Å². The van der Waals surface area contributed by atoms with Crippen LogP contribution < -0.4 is 5.30 Å². The summed E-state index contributed by atoms with van der Waals surface area (Å²) in [6, 6.07) is 7.13. The summed E-state index contributed by atoms with van der Waals surface area (Å²) in [6.45, 7) is 32.5. The Kier molecular flexibility index (Phi) is 9.12. The van der Waals surface area contributed by atoms with E-state index in [9.17, 15) is 4.79 Å². The number of Topliss-reactive ketones (excluding diaryl/α,β-unsaturated/α-hetero) is 1. The number of ketones is 1. The molecule has 1 fully saturated rings. The highest BCUT2D eigenvalue weighted by molar-refractivity contribution is 7.68. The van der Waals surface area contributed by atoms with Crippen LogP contribution in [-0.4, -0.2) is 17.1 Å². The lowest BCUT2D eigenvalue weighted by Crippen LogP contribution is -2.38. The van der Waals surface area contributed by atoms with Gasteiger partial charge in [-0.2, -0.15) is 0 Å². The van der Waals surface area contributed by atoms with E-state index in [2.05, 4.69) is 115 Å². The van der Waals surface area contributed by atoms with Crippen molar-refractivity contribution in [1.82, 2.24) is 0 Å². The third-order valence-electron chi connectivity index (χ3n) is 11.0. The van der Waals surface area contributed by atoms with Crippen LogP contribution in [-0.2, 0) is 4.79 Å². The first-order valence-electron chi connectivity index (χ1n) is 15.7. The van der Waals surface area contributed by atoms with Crippen molar-refractivity contribution >= 4 is 19.0 Å². The topological polar surface area (TPSA) is 17.1 Å². The maximum absolute atomic E-state index is 13.3. The monoisotopic (exact) mass is 568 g/mol. The molecule has 2 atom stereocenters. The summed E-state index contributed by atoms with van der Waals surface area (Å²) in [5.41, 5.74) is 20.5. The van der Waals surface area contributed by atoms with Crippen LogP contribution in [0, 0.1) is 81.1 Å². The van der Waals surface area contributed by atoms with Gasteiger partial charge in [0.2, 0.25) is 0 Å². The lowest BCUT2D eigenvalue weighted by Gasteiger charge is -2.44. The summed E-state index contributed by atoms with van der Waals surface area (Å²) in [7, 11) is -0.612. The Morgan fingerprint density at radius 3 is 1.12 bits per heavy atom. The number of carbonyl (C=O) groups is 1. The van der Waals surface area contributed by atoms with Crippen molar-refractivity contribution in [2.45, 2.75) is 121 Å². The van der Waals surface area contributed by atoms with Gasteiger partial charge in [-0.15, -0.1) is 0 Å². The molecule has 4 rings (SSSR count). The van der Waals surface area contributed by atoms with Gasteiger partial charge in [-0.1, -0.05) is 53.8 Å². The molecule has 0 radical (unpaired) electrons. The SMILES string of the molecule is Cc1c(C)c(C)c(-c2cccc(-c3c(C)c(C)c(C)c(C)c3C)c2P2C(C(C)C)CC(=O)CC2C(C)C)c(C)c1C. The number of hydrogen-bond acceptors (Lipinski definition) is 1. The summed E-state index contributed by atoms with van der Waals surface area (Å²) >= 11 is 0. The minimum atomic E-state index is -0.612. The Bertz CT molecular complexity index is 1350. The van der Waals surface area contributed by atoms with Crippen LogP contribution in [0.4, 0.5) is 0 Å². The van der Waals surface area contributed by atoms with Gasteiger partial charge >= 0.3 is 0 Å². The largest absolute Gasteiger partial charge is 0.300 e. The molecule has 220 valence electrons. The van der Waals surface area contributed by atoms with Gasteiger partial charge in [-0.05, 0) is 176 Å². The molecule has 0 aromatic heterocycles. The van der Waals surface area contributed by atoms with Gasteiger partial charge in [0, 0.05) is 12.8 Å². The second-order valence-corrected chi connectivity index (χ2v) is 16.3.